The number of nitrogens with one attached hydrogen (secondary N) is 2. The molecule has 0 fully saturated rings. The Morgan fingerprint density at radius 1 is 1.21 bits per heavy atom. The lowest BCUT2D eigenvalue weighted by Gasteiger charge is -2.24. The smallest absolute Gasteiger partial charge is 0.294 e. The number of carbonyl (C=O) groups excluding carboxylic acids is 2. The molecule has 3 heterocycles. The van der Waals surface area contributed by atoms with Gasteiger partial charge in [0, 0.05) is 12.0 Å². The van der Waals surface area contributed by atoms with Gasteiger partial charge < -0.3 is 25.4 Å². The maximum absolute atomic E-state index is 12.4. The zero-order valence-electron chi connectivity index (χ0n) is 15.3. The molecule has 0 radical (unpaired) electrons. The Morgan fingerprint density at radius 2 is 2.04 bits per heavy atom. The summed E-state index contributed by atoms with van der Waals surface area (Å²) in [7, 11) is 0. The van der Waals surface area contributed by atoms with E-state index in [-0.39, 0.29) is 5.76 Å². The number of quaternary nitrogens is 1. The maximum Gasteiger partial charge on any atom is 0.294 e. The number of rotatable bonds is 5. The van der Waals surface area contributed by atoms with Crippen molar-refractivity contribution in [3.05, 3.63) is 63.9 Å². The van der Waals surface area contributed by atoms with Crippen molar-refractivity contribution in [3.63, 3.8) is 0 Å². The first-order valence-corrected chi connectivity index (χ1v) is 10.0. The second kappa shape index (κ2) is 8.04. The number of benzene rings is 1. The van der Waals surface area contributed by atoms with Crippen LogP contribution in [0.5, 0.6) is 0 Å². The van der Waals surface area contributed by atoms with Gasteiger partial charge in [-0.2, -0.15) is 0 Å². The van der Waals surface area contributed by atoms with Crippen molar-refractivity contribution in [2.45, 2.75) is 19.5 Å². The first kappa shape index (κ1) is 18.5. The third-order valence-corrected chi connectivity index (χ3v) is 6.02. The summed E-state index contributed by atoms with van der Waals surface area (Å²) in [4.78, 5) is 27.0. The molecule has 1 aromatic heterocycles. The summed E-state index contributed by atoms with van der Waals surface area (Å²) in [6.07, 6.45) is 2.05. The molecule has 0 spiro atoms. The molecule has 2 aliphatic rings. The predicted molar refractivity (Wildman–Crippen MR) is 105 cm³/mol. The van der Waals surface area contributed by atoms with Crippen molar-refractivity contribution in [1.29, 1.82) is 0 Å². The third-order valence-electron chi connectivity index (χ3n) is 4.87. The Bertz CT molecular complexity index is 923. The number of ether oxygens (including phenoxy) is 2. The molecule has 146 valence electrons. The summed E-state index contributed by atoms with van der Waals surface area (Å²) in [6, 6.07) is 10.3. The molecular weight excluding hydrogens is 378 g/mol. The standard InChI is InChI=1S/C20H21N3O4S/c21-18(24)17-14-6-7-23(10-13-4-2-1-3-5-13)11-16(14)28-20(17)22-19(25)15-12-26-8-9-27-15/h1-5,12H,6-11H2,(H2,21,24)(H,22,25)/p+1. The number of nitrogens with two attached hydrogens (primary N) is 1. The van der Waals surface area contributed by atoms with Gasteiger partial charge in [-0.3, -0.25) is 9.59 Å². The largest absolute Gasteiger partial charge is 0.494 e. The van der Waals surface area contributed by atoms with Gasteiger partial charge in [0.05, 0.1) is 17.0 Å². The highest BCUT2D eigenvalue weighted by atomic mass is 32.1. The quantitative estimate of drug-likeness (QED) is 0.692. The van der Waals surface area contributed by atoms with Crippen LogP contribution in [0.1, 0.15) is 26.4 Å². The lowest BCUT2D eigenvalue weighted by atomic mass is 10.0. The second-order valence-corrected chi connectivity index (χ2v) is 7.92. The van der Waals surface area contributed by atoms with Crippen LogP contribution in [0.25, 0.3) is 0 Å². The Hall–Kier alpha value is -2.84. The Kier molecular flexibility index (Phi) is 5.31. The van der Waals surface area contributed by atoms with Crippen LogP contribution in [0.15, 0.2) is 42.4 Å². The minimum absolute atomic E-state index is 0.101. The van der Waals surface area contributed by atoms with Crippen molar-refractivity contribution < 1.29 is 24.0 Å². The second-order valence-electron chi connectivity index (χ2n) is 6.82. The molecule has 2 aromatic rings. The first-order chi connectivity index (χ1) is 13.6. The molecule has 0 bridgehead atoms. The summed E-state index contributed by atoms with van der Waals surface area (Å²) < 4.78 is 10.4. The number of hydrogen-bond acceptors (Lipinski definition) is 5. The molecule has 1 unspecified atom stereocenters. The normalized spacial score (nSPS) is 18.3. The van der Waals surface area contributed by atoms with Gasteiger partial charge in [-0.05, 0) is 5.56 Å². The molecule has 1 aromatic carbocycles. The molecule has 1 atom stereocenters. The van der Waals surface area contributed by atoms with E-state index in [2.05, 4.69) is 17.4 Å². The van der Waals surface area contributed by atoms with Crippen LogP contribution in [0.4, 0.5) is 5.00 Å². The van der Waals surface area contributed by atoms with Crippen LogP contribution < -0.4 is 16.0 Å². The van der Waals surface area contributed by atoms with Crippen LogP contribution in [-0.4, -0.2) is 31.6 Å². The number of hydrogen-bond donors (Lipinski definition) is 3. The van der Waals surface area contributed by atoms with Gasteiger partial charge >= 0.3 is 0 Å². The molecule has 4 N–H and O–H groups in total. The molecule has 7 nitrogen and oxygen atoms in total. The molecule has 4 rings (SSSR count). The zero-order chi connectivity index (χ0) is 19.5. The number of carbonyl (C=O) groups is 2. The van der Waals surface area contributed by atoms with E-state index in [1.807, 2.05) is 18.2 Å². The average Bonchev–Trinajstić information content (AvgIpc) is 3.06. The number of amides is 2. The highest BCUT2D eigenvalue weighted by molar-refractivity contribution is 7.17. The molecule has 2 aliphatic heterocycles. The highest BCUT2D eigenvalue weighted by Gasteiger charge is 2.30. The lowest BCUT2D eigenvalue weighted by Crippen LogP contribution is -3.10. The molecule has 0 aliphatic carbocycles. The maximum atomic E-state index is 12.4. The van der Waals surface area contributed by atoms with Gasteiger partial charge in [-0.25, -0.2) is 0 Å². The van der Waals surface area contributed by atoms with Crippen molar-refractivity contribution in [1.82, 2.24) is 0 Å². The van der Waals surface area contributed by atoms with Crippen LogP contribution >= 0.6 is 11.3 Å². The number of primary amides is 1. The van der Waals surface area contributed by atoms with E-state index in [1.54, 1.807) is 0 Å². The number of anilines is 1. The van der Waals surface area contributed by atoms with E-state index in [9.17, 15) is 9.59 Å². The van der Waals surface area contributed by atoms with E-state index >= 15 is 0 Å². The van der Waals surface area contributed by atoms with Crippen LogP contribution in [0, 0.1) is 0 Å². The Morgan fingerprint density at radius 3 is 2.75 bits per heavy atom. The van der Waals surface area contributed by atoms with E-state index < -0.39 is 11.8 Å². The average molecular weight is 400 g/mol. The number of thiophene rings is 1. The number of fused-ring (bicyclic) bond motifs is 1. The van der Waals surface area contributed by atoms with Gasteiger partial charge in [0.15, 0.2) is 0 Å². The lowest BCUT2D eigenvalue weighted by molar-refractivity contribution is -0.929. The first-order valence-electron chi connectivity index (χ1n) is 9.19. The highest BCUT2D eigenvalue weighted by Crippen LogP contribution is 2.34. The van der Waals surface area contributed by atoms with Gasteiger partial charge in [-0.15, -0.1) is 11.3 Å². The molecule has 2 amide bonds. The fourth-order valence-corrected chi connectivity index (χ4v) is 4.89. The van der Waals surface area contributed by atoms with E-state index in [0.717, 1.165) is 36.5 Å². The monoisotopic (exact) mass is 400 g/mol. The minimum Gasteiger partial charge on any atom is -0.494 e. The van der Waals surface area contributed by atoms with Crippen molar-refractivity contribution >= 4 is 28.2 Å². The summed E-state index contributed by atoms with van der Waals surface area (Å²) >= 11 is 1.42. The van der Waals surface area contributed by atoms with Crippen molar-refractivity contribution in [3.8, 4) is 0 Å². The minimum atomic E-state index is -0.519. The summed E-state index contributed by atoms with van der Waals surface area (Å²) in [5, 5.41) is 3.26. The Labute approximate surface area is 166 Å². The summed E-state index contributed by atoms with van der Waals surface area (Å²) in [5.74, 6) is -0.854. The molecule has 0 saturated carbocycles. The van der Waals surface area contributed by atoms with Gasteiger partial charge in [0.2, 0.25) is 5.76 Å². The van der Waals surface area contributed by atoms with E-state index in [0.29, 0.717) is 23.8 Å². The van der Waals surface area contributed by atoms with Crippen molar-refractivity contribution in [2.75, 3.05) is 25.1 Å². The molecule has 0 saturated heterocycles. The van der Waals surface area contributed by atoms with Gasteiger partial charge in [0.1, 0.15) is 37.6 Å². The fraction of sp³-hybridized carbons (Fsp3) is 0.300. The molecule has 28 heavy (non-hydrogen) atoms. The van der Waals surface area contributed by atoms with E-state index in [4.69, 9.17) is 15.2 Å². The third kappa shape index (κ3) is 3.88. The summed E-state index contributed by atoms with van der Waals surface area (Å²) in [5.41, 5.74) is 8.29. The van der Waals surface area contributed by atoms with Crippen LogP contribution in [0.3, 0.4) is 0 Å². The Balaban J connectivity index is 1.54. The molecule has 8 heteroatoms. The topological polar surface area (TPSA) is 95.1 Å². The van der Waals surface area contributed by atoms with Gasteiger partial charge in [-0.1, -0.05) is 30.3 Å². The molecular formula is C20H22N3O4S+. The van der Waals surface area contributed by atoms with E-state index in [1.165, 1.54) is 28.1 Å². The van der Waals surface area contributed by atoms with Crippen LogP contribution in [0.2, 0.25) is 0 Å². The summed E-state index contributed by atoms with van der Waals surface area (Å²) in [6.45, 7) is 3.36. The van der Waals surface area contributed by atoms with Crippen molar-refractivity contribution in [2.24, 2.45) is 5.73 Å². The van der Waals surface area contributed by atoms with Crippen LogP contribution in [-0.2, 0) is 33.8 Å². The zero-order valence-corrected chi connectivity index (χ0v) is 16.1. The predicted octanol–water partition coefficient (Wildman–Crippen LogP) is 0.815. The fourth-order valence-electron chi connectivity index (χ4n) is 3.57. The van der Waals surface area contributed by atoms with Gasteiger partial charge in [0.25, 0.3) is 11.8 Å². The SMILES string of the molecule is NC(=O)c1c(NC(=O)C2=COCCO2)sc2c1CC[NH+](Cc1ccccc1)C2.